The van der Waals surface area contributed by atoms with E-state index in [1.54, 1.807) is 0 Å². The van der Waals surface area contributed by atoms with Gasteiger partial charge < -0.3 is 9.64 Å². The lowest BCUT2D eigenvalue weighted by atomic mass is 10.1. The largest absolute Gasteiger partial charge is 0.450 e. The molecule has 1 heterocycles. The molecule has 1 fully saturated rings. The Balaban J connectivity index is 2.49. The first-order chi connectivity index (χ1) is 7.45. The summed E-state index contributed by atoms with van der Waals surface area (Å²) in [6, 6.07) is 0. The third-order valence-electron chi connectivity index (χ3n) is 2.97. The fourth-order valence-electron chi connectivity index (χ4n) is 1.99. The highest BCUT2D eigenvalue weighted by Gasteiger charge is 2.26. The van der Waals surface area contributed by atoms with Gasteiger partial charge in [-0.05, 0) is 34.1 Å². The van der Waals surface area contributed by atoms with Gasteiger partial charge in [-0.1, -0.05) is 0 Å². The van der Waals surface area contributed by atoms with Gasteiger partial charge in [0, 0.05) is 31.7 Å². The molecule has 16 heavy (non-hydrogen) atoms. The molecule has 1 rings (SSSR count). The van der Waals surface area contributed by atoms with Crippen molar-refractivity contribution in [2.24, 2.45) is 0 Å². The zero-order chi connectivity index (χ0) is 12.2. The summed E-state index contributed by atoms with van der Waals surface area (Å²) in [4.78, 5) is 15.8. The van der Waals surface area contributed by atoms with Gasteiger partial charge in [0.05, 0.1) is 6.61 Å². The van der Waals surface area contributed by atoms with E-state index in [4.69, 9.17) is 4.74 Å². The van der Waals surface area contributed by atoms with Crippen molar-refractivity contribution in [3.8, 4) is 0 Å². The Labute approximate surface area is 98.5 Å². The number of rotatable bonds is 1. The van der Waals surface area contributed by atoms with Crippen LogP contribution in [0.4, 0.5) is 4.79 Å². The van der Waals surface area contributed by atoms with Crippen LogP contribution in [0, 0.1) is 0 Å². The molecule has 1 amide bonds. The summed E-state index contributed by atoms with van der Waals surface area (Å²) in [6.07, 6.45) is 0.856. The predicted octanol–water partition coefficient (Wildman–Crippen LogP) is 1.95. The molecule has 4 nitrogen and oxygen atoms in total. The molecule has 0 aromatic rings. The average molecular weight is 228 g/mol. The lowest BCUT2D eigenvalue weighted by Crippen LogP contribution is -2.44. The molecule has 94 valence electrons. The van der Waals surface area contributed by atoms with Gasteiger partial charge in [-0.2, -0.15) is 0 Å². The van der Waals surface area contributed by atoms with Crippen molar-refractivity contribution in [2.75, 3.05) is 32.8 Å². The maximum atomic E-state index is 11.6. The van der Waals surface area contributed by atoms with E-state index in [2.05, 4.69) is 25.7 Å². The molecule has 0 spiro atoms. The Morgan fingerprint density at radius 2 is 1.88 bits per heavy atom. The predicted molar refractivity (Wildman–Crippen MR) is 64.5 cm³/mol. The van der Waals surface area contributed by atoms with Crippen LogP contribution in [0.25, 0.3) is 0 Å². The number of carbonyl (C=O) groups excluding carboxylic acids is 1. The molecular weight excluding hydrogens is 204 g/mol. The van der Waals surface area contributed by atoms with Gasteiger partial charge in [0.15, 0.2) is 0 Å². The molecule has 0 bridgehead atoms. The highest BCUT2D eigenvalue weighted by Crippen LogP contribution is 2.16. The Hall–Kier alpha value is -0.770. The van der Waals surface area contributed by atoms with Crippen molar-refractivity contribution in [3.63, 3.8) is 0 Å². The van der Waals surface area contributed by atoms with Gasteiger partial charge >= 0.3 is 6.09 Å². The lowest BCUT2D eigenvalue weighted by Gasteiger charge is -2.34. The van der Waals surface area contributed by atoms with E-state index in [0.717, 1.165) is 32.6 Å². The standard InChI is InChI=1S/C12H24N2O2/c1-5-16-11(15)13-7-6-8-14(10-9-13)12(2,3)4/h5-10H2,1-4H3. The van der Waals surface area contributed by atoms with Crippen molar-refractivity contribution in [3.05, 3.63) is 0 Å². The molecule has 0 saturated carbocycles. The van der Waals surface area contributed by atoms with E-state index in [1.165, 1.54) is 0 Å². The molecule has 4 heteroatoms. The minimum atomic E-state index is -0.168. The smallest absolute Gasteiger partial charge is 0.409 e. The Morgan fingerprint density at radius 3 is 2.44 bits per heavy atom. The van der Waals surface area contributed by atoms with Crippen molar-refractivity contribution >= 4 is 6.09 Å². The van der Waals surface area contributed by atoms with E-state index in [1.807, 2.05) is 11.8 Å². The third kappa shape index (κ3) is 3.67. The number of hydrogen-bond donors (Lipinski definition) is 0. The Bertz CT molecular complexity index is 236. The highest BCUT2D eigenvalue weighted by molar-refractivity contribution is 5.67. The molecule has 0 aliphatic carbocycles. The second kappa shape index (κ2) is 5.53. The molecule has 0 aromatic heterocycles. The van der Waals surface area contributed by atoms with Crippen molar-refractivity contribution in [2.45, 2.75) is 39.7 Å². The van der Waals surface area contributed by atoms with Crippen LogP contribution in [0.3, 0.4) is 0 Å². The summed E-state index contributed by atoms with van der Waals surface area (Å²) in [5.74, 6) is 0. The second-order valence-corrected chi connectivity index (χ2v) is 5.20. The number of ether oxygens (including phenoxy) is 1. The van der Waals surface area contributed by atoms with Crippen LogP contribution in [0.5, 0.6) is 0 Å². The van der Waals surface area contributed by atoms with Gasteiger partial charge in [0.25, 0.3) is 0 Å². The average Bonchev–Trinajstić information content (AvgIpc) is 2.41. The number of nitrogens with zero attached hydrogens (tertiary/aromatic N) is 2. The molecule has 1 aliphatic heterocycles. The van der Waals surface area contributed by atoms with Crippen LogP contribution in [-0.4, -0.2) is 54.2 Å². The van der Waals surface area contributed by atoms with Crippen molar-refractivity contribution in [1.82, 2.24) is 9.80 Å². The van der Waals surface area contributed by atoms with Crippen LogP contribution in [0.15, 0.2) is 0 Å². The molecule has 1 saturated heterocycles. The van der Waals surface area contributed by atoms with Gasteiger partial charge in [-0.3, -0.25) is 4.90 Å². The SMILES string of the molecule is CCOC(=O)N1CCCN(C(C)(C)C)CC1. The fourth-order valence-corrected chi connectivity index (χ4v) is 1.99. The molecule has 1 aliphatic rings. The Morgan fingerprint density at radius 1 is 1.19 bits per heavy atom. The van der Waals surface area contributed by atoms with Crippen molar-refractivity contribution < 1.29 is 9.53 Å². The normalized spacial score (nSPS) is 19.4. The van der Waals surface area contributed by atoms with Crippen LogP contribution < -0.4 is 0 Å². The van der Waals surface area contributed by atoms with E-state index < -0.39 is 0 Å². The lowest BCUT2D eigenvalue weighted by molar-refractivity contribution is 0.103. The van der Waals surface area contributed by atoms with Crippen LogP contribution in [0.2, 0.25) is 0 Å². The first kappa shape index (κ1) is 13.3. The number of amides is 1. The quantitative estimate of drug-likeness (QED) is 0.687. The summed E-state index contributed by atoms with van der Waals surface area (Å²) in [5.41, 5.74) is 0.185. The van der Waals surface area contributed by atoms with Crippen LogP contribution >= 0.6 is 0 Å². The molecular formula is C12H24N2O2. The monoisotopic (exact) mass is 228 g/mol. The highest BCUT2D eigenvalue weighted by atomic mass is 16.6. The maximum absolute atomic E-state index is 11.6. The first-order valence-electron chi connectivity index (χ1n) is 6.12. The van der Waals surface area contributed by atoms with E-state index in [0.29, 0.717) is 6.61 Å². The van der Waals surface area contributed by atoms with Gasteiger partial charge in [0.2, 0.25) is 0 Å². The molecule has 0 atom stereocenters. The van der Waals surface area contributed by atoms with E-state index in [9.17, 15) is 4.79 Å². The van der Waals surface area contributed by atoms with Gasteiger partial charge in [-0.25, -0.2) is 4.79 Å². The fraction of sp³-hybridized carbons (Fsp3) is 0.917. The van der Waals surface area contributed by atoms with E-state index in [-0.39, 0.29) is 11.6 Å². The number of carbonyl (C=O) groups is 1. The zero-order valence-corrected chi connectivity index (χ0v) is 11.0. The third-order valence-corrected chi connectivity index (χ3v) is 2.97. The molecule has 0 unspecified atom stereocenters. The zero-order valence-electron chi connectivity index (χ0n) is 11.0. The molecule has 0 radical (unpaired) electrons. The van der Waals surface area contributed by atoms with Crippen LogP contribution in [0.1, 0.15) is 34.1 Å². The van der Waals surface area contributed by atoms with Crippen LogP contribution in [-0.2, 0) is 4.74 Å². The Kier molecular flexibility index (Phi) is 4.59. The topological polar surface area (TPSA) is 32.8 Å². The first-order valence-corrected chi connectivity index (χ1v) is 6.12. The summed E-state index contributed by atoms with van der Waals surface area (Å²) in [5, 5.41) is 0. The van der Waals surface area contributed by atoms with Crippen molar-refractivity contribution in [1.29, 1.82) is 0 Å². The molecule has 0 N–H and O–H groups in total. The van der Waals surface area contributed by atoms with Gasteiger partial charge in [-0.15, -0.1) is 0 Å². The summed E-state index contributed by atoms with van der Waals surface area (Å²) in [6.45, 7) is 12.5. The molecule has 0 aromatic carbocycles. The van der Waals surface area contributed by atoms with Gasteiger partial charge in [0.1, 0.15) is 0 Å². The number of hydrogen-bond acceptors (Lipinski definition) is 3. The summed E-state index contributed by atoms with van der Waals surface area (Å²) >= 11 is 0. The summed E-state index contributed by atoms with van der Waals surface area (Å²) in [7, 11) is 0. The second-order valence-electron chi connectivity index (χ2n) is 5.20. The minimum Gasteiger partial charge on any atom is -0.450 e. The maximum Gasteiger partial charge on any atom is 0.409 e. The summed E-state index contributed by atoms with van der Waals surface area (Å²) < 4.78 is 5.03. The minimum absolute atomic E-state index is 0.168. The van der Waals surface area contributed by atoms with E-state index >= 15 is 0 Å².